The first-order valence-corrected chi connectivity index (χ1v) is 5.39. The first kappa shape index (κ1) is 12.1. The van der Waals surface area contributed by atoms with Gasteiger partial charge in [-0.25, -0.2) is 4.39 Å². The van der Waals surface area contributed by atoms with Gasteiger partial charge in [0.25, 0.3) is 0 Å². The Morgan fingerprint density at radius 1 is 1.50 bits per heavy atom. The molecule has 18 heavy (non-hydrogen) atoms. The number of rotatable bonds is 3. The molecule has 0 saturated carbocycles. The summed E-state index contributed by atoms with van der Waals surface area (Å²) in [6, 6.07) is 5.64. The van der Waals surface area contributed by atoms with Crippen LogP contribution >= 0.6 is 0 Å². The van der Waals surface area contributed by atoms with E-state index in [1.54, 1.807) is 16.9 Å². The van der Waals surface area contributed by atoms with Crippen LogP contribution in [0.5, 0.6) is 0 Å². The highest BCUT2D eigenvalue weighted by Gasteiger charge is 2.08. The van der Waals surface area contributed by atoms with Crippen molar-refractivity contribution in [3.05, 3.63) is 42.0 Å². The van der Waals surface area contributed by atoms with Gasteiger partial charge >= 0.3 is 0 Å². The number of hydrogen-bond donors (Lipinski definition) is 2. The molecule has 0 atom stereocenters. The summed E-state index contributed by atoms with van der Waals surface area (Å²) in [5.74, 6) is -0.700. The molecule has 6 heteroatoms. The molecule has 3 N–H and O–H groups in total. The predicted octanol–water partition coefficient (Wildman–Crippen LogP) is 1.55. The molecule has 0 spiro atoms. The average molecular weight is 248 g/mol. The van der Waals surface area contributed by atoms with Crippen molar-refractivity contribution in [2.45, 2.75) is 13.5 Å². The maximum absolute atomic E-state index is 12.8. The maximum atomic E-state index is 12.8. The van der Waals surface area contributed by atoms with Crippen LogP contribution in [0, 0.1) is 12.7 Å². The summed E-state index contributed by atoms with van der Waals surface area (Å²) < 4.78 is 14.4. The molecule has 94 valence electrons. The second-order valence-electron chi connectivity index (χ2n) is 3.91. The second kappa shape index (κ2) is 4.87. The predicted molar refractivity (Wildman–Crippen MR) is 66.4 cm³/mol. The molecular formula is C12H13FN4O. The van der Waals surface area contributed by atoms with E-state index in [-0.39, 0.29) is 18.1 Å². The van der Waals surface area contributed by atoms with E-state index in [4.69, 9.17) is 5.73 Å². The molecule has 1 aromatic carbocycles. The fraction of sp³-hybridized carbons (Fsp3) is 0.167. The molecule has 0 saturated heterocycles. The van der Waals surface area contributed by atoms with Crippen LogP contribution in [0.4, 0.5) is 15.8 Å². The van der Waals surface area contributed by atoms with Crippen LogP contribution in [0.25, 0.3) is 0 Å². The number of benzene rings is 1. The van der Waals surface area contributed by atoms with Gasteiger partial charge in [-0.05, 0) is 31.2 Å². The van der Waals surface area contributed by atoms with E-state index in [0.717, 1.165) is 11.8 Å². The van der Waals surface area contributed by atoms with Crippen molar-refractivity contribution < 1.29 is 9.18 Å². The molecule has 0 unspecified atom stereocenters. The van der Waals surface area contributed by atoms with Crippen molar-refractivity contribution in [2.24, 2.45) is 0 Å². The molecule has 5 nitrogen and oxygen atoms in total. The van der Waals surface area contributed by atoms with Gasteiger partial charge < -0.3 is 11.1 Å². The third kappa shape index (κ3) is 2.65. The van der Waals surface area contributed by atoms with Gasteiger partial charge in [0.15, 0.2) is 0 Å². The zero-order valence-corrected chi connectivity index (χ0v) is 9.85. The largest absolute Gasteiger partial charge is 0.397 e. The molecule has 2 aromatic rings. The number of aromatic nitrogens is 2. The van der Waals surface area contributed by atoms with E-state index in [9.17, 15) is 9.18 Å². The van der Waals surface area contributed by atoms with Crippen molar-refractivity contribution in [1.29, 1.82) is 0 Å². The van der Waals surface area contributed by atoms with Gasteiger partial charge in [0.2, 0.25) is 5.91 Å². The van der Waals surface area contributed by atoms with Crippen LogP contribution in [0.3, 0.4) is 0 Å². The lowest BCUT2D eigenvalue weighted by Crippen LogP contribution is -2.20. The van der Waals surface area contributed by atoms with Crippen LogP contribution in [-0.2, 0) is 11.3 Å². The van der Waals surface area contributed by atoms with Crippen LogP contribution < -0.4 is 11.1 Å². The molecular weight excluding hydrogens is 235 g/mol. The van der Waals surface area contributed by atoms with Gasteiger partial charge in [-0.15, -0.1) is 0 Å². The Kier molecular flexibility index (Phi) is 3.27. The number of nitrogens with two attached hydrogens (primary N) is 1. The molecule has 0 bridgehead atoms. The lowest BCUT2D eigenvalue weighted by Gasteiger charge is -2.09. The quantitative estimate of drug-likeness (QED) is 0.809. The Bertz CT molecular complexity index is 579. The molecule has 0 radical (unpaired) electrons. The van der Waals surface area contributed by atoms with Gasteiger partial charge in [0, 0.05) is 11.9 Å². The Hall–Kier alpha value is -2.37. The lowest BCUT2D eigenvalue weighted by atomic mass is 10.2. The minimum atomic E-state index is -0.437. The summed E-state index contributed by atoms with van der Waals surface area (Å²) in [6.45, 7) is 1.95. The Morgan fingerprint density at radius 2 is 2.28 bits per heavy atom. The average Bonchev–Trinajstić information content (AvgIpc) is 2.69. The standard InChI is InChI=1S/C12H13FN4O/c1-8-4-5-15-17(8)7-12(18)16-11-3-2-9(13)6-10(11)14/h2-6H,7,14H2,1H3,(H,16,18). The molecule has 1 heterocycles. The highest BCUT2D eigenvalue weighted by Crippen LogP contribution is 2.18. The number of nitrogens with one attached hydrogen (secondary N) is 1. The van der Waals surface area contributed by atoms with E-state index < -0.39 is 5.82 Å². The van der Waals surface area contributed by atoms with Crippen molar-refractivity contribution >= 4 is 17.3 Å². The monoisotopic (exact) mass is 248 g/mol. The SMILES string of the molecule is Cc1ccnn1CC(=O)Nc1ccc(F)cc1N. The minimum absolute atomic E-state index is 0.0929. The van der Waals surface area contributed by atoms with Gasteiger partial charge in [-0.2, -0.15) is 5.10 Å². The van der Waals surface area contributed by atoms with Crippen LogP contribution in [0.15, 0.2) is 30.5 Å². The molecule has 0 aliphatic heterocycles. The summed E-state index contributed by atoms with van der Waals surface area (Å²) in [4.78, 5) is 11.7. The highest BCUT2D eigenvalue weighted by atomic mass is 19.1. The summed E-state index contributed by atoms with van der Waals surface area (Å²) in [5.41, 5.74) is 7.07. The minimum Gasteiger partial charge on any atom is -0.397 e. The van der Waals surface area contributed by atoms with Crippen molar-refractivity contribution in [3.8, 4) is 0 Å². The number of nitrogens with zero attached hydrogens (tertiary/aromatic N) is 2. The summed E-state index contributed by atoms with van der Waals surface area (Å²) in [5, 5.41) is 6.61. The summed E-state index contributed by atoms with van der Waals surface area (Å²) in [7, 11) is 0. The fourth-order valence-corrected chi connectivity index (χ4v) is 1.54. The van der Waals surface area contributed by atoms with E-state index in [1.807, 2.05) is 6.92 Å². The van der Waals surface area contributed by atoms with Crippen LogP contribution in [0.1, 0.15) is 5.69 Å². The van der Waals surface area contributed by atoms with E-state index in [1.165, 1.54) is 12.1 Å². The van der Waals surface area contributed by atoms with Crippen LogP contribution in [0.2, 0.25) is 0 Å². The zero-order chi connectivity index (χ0) is 13.1. The van der Waals surface area contributed by atoms with Gasteiger partial charge in [-0.1, -0.05) is 0 Å². The number of amides is 1. The number of aryl methyl sites for hydroxylation is 1. The lowest BCUT2D eigenvalue weighted by molar-refractivity contribution is -0.116. The molecule has 0 aliphatic carbocycles. The Morgan fingerprint density at radius 3 is 2.89 bits per heavy atom. The number of nitrogen functional groups attached to an aromatic ring is 1. The first-order valence-electron chi connectivity index (χ1n) is 5.39. The van der Waals surface area contributed by atoms with Crippen molar-refractivity contribution in [3.63, 3.8) is 0 Å². The van der Waals surface area contributed by atoms with Gasteiger partial charge in [-0.3, -0.25) is 9.48 Å². The number of halogens is 1. The van der Waals surface area contributed by atoms with Gasteiger partial charge in [0.1, 0.15) is 12.4 Å². The van der Waals surface area contributed by atoms with Crippen LogP contribution in [-0.4, -0.2) is 15.7 Å². The highest BCUT2D eigenvalue weighted by molar-refractivity contribution is 5.93. The van der Waals surface area contributed by atoms with Gasteiger partial charge in [0.05, 0.1) is 11.4 Å². The third-order valence-corrected chi connectivity index (χ3v) is 2.51. The number of hydrogen-bond acceptors (Lipinski definition) is 3. The number of carbonyl (C=O) groups excluding carboxylic acids is 1. The normalized spacial score (nSPS) is 10.3. The Labute approximate surface area is 103 Å². The summed E-state index contributed by atoms with van der Waals surface area (Å²) in [6.07, 6.45) is 1.62. The van der Waals surface area contributed by atoms with Crippen molar-refractivity contribution in [2.75, 3.05) is 11.1 Å². The second-order valence-corrected chi connectivity index (χ2v) is 3.91. The van der Waals surface area contributed by atoms with E-state index in [0.29, 0.717) is 5.69 Å². The molecule has 1 amide bonds. The zero-order valence-electron chi connectivity index (χ0n) is 9.85. The topological polar surface area (TPSA) is 72.9 Å². The maximum Gasteiger partial charge on any atom is 0.246 e. The van der Waals surface area contributed by atoms with Crippen molar-refractivity contribution in [1.82, 2.24) is 9.78 Å². The third-order valence-electron chi connectivity index (χ3n) is 2.51. The van der Waals surface area contributed by atoms with E-state index in [2.05, 4.69) is 10.4 Å². The number of carbonyl (C=O) groups is 1. The summed E-state index contributed by atoms with van der Waals surface area (Å²) >= 11 is 0. The fourth-order valence-electron chi connectivity index (χ4n) is 1.54. The molecule has 0 aliphatic rings. The van der Waals surface area contributed by atoms with E-state index >= 15 is 0 Å². The molecule has 2 rings (SSSR count). The smallest absolute Gasteiger partial charge is 0.246 e. The Balaban J connectivity index is 2.05. The number of anilines is 2. The molecule has 1 aromatic heterocycles. The first-order chi connectivity index (χ1) is 8.56. The molecule has 0 fully saturated rings.